The minimum absolute atomic E-state index is 0.458. The molecule has 1 rings (SSSR count). The topological polar surface area (TPSA) is 56.0 Å². The van der Waals surface area contributed by atoms with Crippen molar-refractivity contribution in [2.75, 3.05) is 0 Å². The summed E-state index contributed by atoms with van der Waals surface area (Å²) in [6.45, 7) is 0. The summed E-state index contributed by atoms with van der Waals surface area (Å²) in [6, 6.07) is 0.458. The molecule has 0 aliphatic rings. The molecule has 0 fully saturated rings. The van der Waals surface area contributed by atoms with E-state index >= 15 is 0 Å². The second-order valence-electron chi connectivity index (χ2n) is 2.36. The van der Waals surface area contributed by atoms with Gasteiger partial charge in [-0.3, -0.25) is 4.79 Å². The van der Waals surface area contributed by atoms with Crippen molar-refractivity contribution < 1.29 is 18.0 Å². The van der Waals surface area contributed by atoms with Gasteiger partial charge in [-0.25, -0.2) is 18.2 Å². The number of hydrogen-bond acceptors (Lipinski definition) is 2. The molecule has 1 heterocycles. The van der Waals surface area contributed by atoms with Gasteiger partial charge in [-0.1, -0.05) is 11.6 Å². The summed E-state index contributed by atoms with van der Waals surface area (Å²) in [5.74, 6) is -2.30. The average molecular weight is 225 g/mol. The minimum Gasteiger partial charge on any atom is -0.364 e. The molecular weight excluding hydrogens is 221 g/mol. The van der Waals surface area contributed by atoms with Crippen molar-refractivity contribution in [1.82, 2.24) is 4.98 Å². The van der Waals surface area contributed by atoms with Crippen LogP contribution in [0.4, 0.5) is 13.2 Å². The van der Waals surface area contributed by atoms with Gasteiger partial charge in [0.2, 0.25) is 0 Å². The highest BCUT2D eigenvalue weighted by molar-refractivity contribution is 6.33. The molecule has 7 heteroatoms. The molecule has 2 N–H and O–H groups in total. The fraction of sp³-hybridized carbons (Fsp3) is 0.143. The van der Waals surface area contributed by atoms with Gasteiger partial charge in [0.05, 0.1) is 0 Å². The van der Waals surface area contributed by atoms with Crippen LogP contribution in [0.25, 0.3) is 0 Å². The molecule has 1 aromatic rings. The number of primary amides is 1. The first kappa shape index (κ1) is 10.8. The monoisotopic (exact) mass is 224 g/mol. The molecule has 0 radical (unpaired) electrons. The molecule has 0 saturated carbocycles. The Morgan fingerprint density at radius 3 is 2.57 bits per heavy atom. The molecule has 0 saturated heterocycles. The molecule has 76 valence electrons. The molecule has 14 heavy (non-hydrogen) atoms. The van der Waals surface area contributed by atoms with Crippen molar-refractivity contribution in [3.63, 3.8) is 0 Å². The van der Waals surface area contributed by atoms with E-state index in [0.29, 0.717) is 6.07 Å². The standard InChI is InChI=1S/C7H4ClF3N2O/c8-4-2(9)1-3(6(10)11)13-5(4)7(12)14/h1,6H,(H2,12,14). The Morgan fingerprint density at radius 2 is 2.14 bits per heavy atom. The summed E-state index contributed by atoms with van der Waals surface area (Å²) in [6.07, 6.45) is -2.99. The normalized spacial score (nSPS) is 10.6. The lowest BCUT2D eigenvalue weighted by atomic mass is 10.3. The summed E-state index contributed by atoms with van der Waals surface area (Å²) in [4.78, 5) is 13.7. The zero-order valence-electron chi connectivity index (χ0n) is 6.60. The van der Waals surface area contributed by atoms with Gasteiger partial charge in [-0.05, 0) is 0 Å². The fourth-order valence-electron chi connectivity index (χ4n) is 0.792. The van der Waals surface area contributed by atoms with Crippen molar-refractivity contribution in [3.05, 3.63) is 28.3 Å². The lowest BCUT2D eigenvalue weighted by molar-refractivity contribution is 0.0993. The van der Waals surface area contributed by atoms with E-state index in [4.69, 9.17) is 17.3 Å². The van der Waals surface area contributed by atoms with Crippen molar-refractivity contribution in [2.45, 2.75) is 6.43 Å². The SMILES string of the molecule is NC(=O)c1nc(C(F)F)cc(F)c1Cl. The number of pyridine rings is 1. The third-order valence-electron chi connectivity index (χ3n) is 1.39. The summed E-state index contributed by atoms with van der Waals surface area (Å²) in [7, 11) is 0. The number of nitrogens with two attached hydrogens (primary N) is 1. The van der Waals surface area contributed by atoms with Crippen LogP contribution >= 0.6 is 11.6 Å². The van der Waals surface area contributed by atoms with E-state index in [1.54, 1.807) is 0 Å². The molecule has 0 atom stereocenters. The zero-order valence-corrected chi connectivity index (χ0v) is 7.36. The van der Waals surface area contributed by atoms with Gasteiger partial charge in [0.15, 0.2) is 0 Å². The van der Waals surface area contributed by atoms with Gasteiger partial charge in [0.25, 0.3) is 12.3 Å². The van der Waals surface area contributed by atoms with E-state index in [2.05, 4.69) is 4.98 Å². The Hall–Kier alpha value is -1.30. The highest BCUT2D eigenvalue weighted by Crippen LogP contribution is 2.24. The largest absolute Gasteiger partial charge is 0.364 e. The third kappa shape index (κ3) is 1.95. The van der Waals surface area contributed by atoms with E-state index in [9.17, 15) is 18.0 Å². The van der Waals surface area contributed by atoms with Crippen LogP contribution < -0.4 is 5.73 Å². The molecule has 0 aliphatic carbocycles. The number of halogens is 4. The lowest BCUT2D eigenvalue weighted by Crippen LogP contribution is -2.15. The number of carbonyl (C=O) groups is 1. The Morgan fingerprint density at radius 1 is 1.57 bits per heavy atom. The summed E-state index contributed by atoms with van der Waals surface area (Å²) in [5, 5.41) is -0.651. The Balaban J connectivity index is 3.35. The van der Waals surface area contributed by atoms with Gasteiger partial charge in [-0.15, -0.1) is 0 Å². The number of nitrogens with zero attached hydrogens (tertiary/aromatic N) is 1. The zero-order chi connectivity index (χ0) is 10.9. The third-order valence-corrected chi connectivity index (χ3v) is 1.75. The van der Waals surface area contributed by atoms with E-state index in [1.807, 2.05) is 0 Å². The first-order valence-electron chi connectivity index (χ1n) is 3.37. The summed E-state index contributed by atoms with van der Waals surface area (Å²) in [5.41, 5.74) is 3.19. The number of rotatable bonds is 2. The van der Waals surface area contributed by atoms with Gasteiger partial charge < -0.3 is 5.73 Å². The van der Waals surface area contributed by atoms with Gasteiger partial charge in [-0.2, -0.15) is 0 Å². The fourth-order valence-corrected chi connectivity index (χ4v) is 0.982. The Bertz CT molecular complexity index is 383. The van der Waals surface area contributed by atoms with Crippen LogP contribution in [0.3, 0.4) is 0 Å². The van der Waals surface area contributed by atoms with Crippen LogP contribution in [0.15, 0.2) is 6.07 Å². The predicted octanol–water partition coefficient (Wildman–Crippen LogP) is 1.91. The maximum Gasteiger partial charge on any atom is 0.280 e. The van der Waals surface area contributed by atoms with Crippen molar-refractivity contribution in [1.29, 1.82) is 0 Å². The van der Waals surface area contributed by atoms with Crippen LogP contribution in [0.1, 0.15) is 22.6 Å². The average Bonchev–Trinajstić information content (AvgIpc) is 2.08. The maximum atomic E-state index is 12.8. The predicted molar refractivity (Wildman–Crippen MR) is 42.7 cm³/mol. The number of aromatic nitrogens is 1. The molecule has 0 spiro atoms. The smallest absolute Gasteiger partial charge is 0.280 e. The molecular formula is C7H4ClF3N2O. The van der Waals surface area contributed by atoms with Crippen LogP contribution in [0.2, 0.25) is 5.02 Å². The van der Waals surface area contributed by atoms with Crippen LogP contribution in [0.5, 0.6) is 0 Å². The van der Waals surface area contributed by atoms with E-state index in [1.165, 1.54) is 0 Å². The van der Waals surface area contributed by atoms with Crippen LogP contribution in [0, 0.1) is 5.82 Å². The maximum absolute atomic E-state index is 12.8. The van der Waals surface area contributed by atoms with Crippen molar-refractivity contribution >= 4 is 17.5 Å². The lowest BCUT2D eigenvalue weighted by Gasteiger charge is -2.04. The van der Waals surface area contributed by atoms with Gasteiger partial charge in [0, 0.05) is 6.07 Å². The van der Waals surface area contributed by atoms with Crippen molar-refractivity contribution in [2.24, 2.45) is 5.73 Å². The molecule has 0 bridgehead atoms. The first-order valence-corrected chi connectivity index (χ1v) is 3.75. The van der Waals surface area contributed by atoms with Gasteiger partial charge >= 0.3 is 0 Å². The summed E-state index contributed by atoms with van der Waals surface area (Å²) >= 11 is 5.28. The Kier molecular flexibility index (Phi) is 2.95. The highest BCUT2D eigenvalue weighted by Gasteiger charge is 2.19. The molecule has 1 amide bonds. The second-order valence-corrected chi connectivity index (χ2v) is 2.73. The molecule has 0 aromatic carbocycles. The minimum atomic E-state index is -2.99. The summed E-state index contributed by atoms with van der Waals surface area (Å²) < 4.78 is 37.0. The first-order chi connectivity index (χ1) is 6.43. The Labute approximate surface area is 81.7 Å². The molecule has 0 unspecified atom stereocenters. The molecule has 1 aromatic heterocycles. The van der Waals surface area contributed by atoms with Crippen LogP contribution in [-0.2, 0) is 0 Å². The second kappa shape index (κ2) is 3.83. The molecule has 3 nitrogen and oxygen atoms in total. The number of alkyl halides is 2. The van der Waals surface area contributed by atoms with Crippen molar-refractivity contribution in [3.8, 4) is 0 Å². The van der Waals surface area contributed by atoms with E-state index in [0.717, 1.165) is 0 Å². The van der Waals surface area contributed by atoms with Crippen LogP contribution in [-0.4, -0.2) is 10.9 Å². The molecule has 0 aliphatic heterocycles. The number of hydrogen-bond donors (Lipinski definition) is 1. The number of amides is 1. The van der Waals surface area contributed by atoms with E-state index in [-0.39, 0.29) is 0 Å². The van der Waals surface area contributed by atoms with Gasteiger partial charge in [0.1, 0.15) is 22.2 Å². The highest BCUT2D eigenvalue weighted by atomic mass is 35.5. The quantitative estimate of drug-likeness (QED) is 0.834. The van der Waals surface area contributed by atoms with E-state index < -0.39 is 34.6 Å². The number of carbonyl (C=O) groups excluding carboxylic acids is 1.